The highest BCUT2D eigenvalue weighted by Crippen LogP contribution is 2.61. The zero-order chi connectivity index (χ0) is 39.0. The number of carbonyl (C=O) groups is 2. The van der Waals surface area contributed by atoms with Crippen LogP contribution in [0, 0.1) is 32.1 Å². The summed E-state index contributed by atoms with van der Waals surface area (Å²) in [6.45, 7) is 9.22. The number of nitrogens with two attached hydrogens (primary N) is 1. The van der Waals surface area contributed by atoms with Gasteiger partial charge in [0.2, 0.25) is 0 Å². The molecule has 1 saturated carbocycles. The van der Waals surface area contributed by atoms with Crippen molar-refractivity contribution < 1.29 is 18.9 Å². The number of carbonyl (C=O) groups excluding carboxylic acids is 2. The van der Waals surface area contributed by atoms with Gasteiger partial charge in [0, 0.05) is 29.4 Å². The summed E-state index contributed by atoms with van der Waals surface area (Å²) in [4.78, 5) is 66.9. The zero-order valence-electron chi connectivity index (χ0n) is 30.2. The van der Waals surface area contributed by atoms with E-state index in [4.69, 9.17) is 15.9 Å². The Bertz CT molecular complexity index is 1780. The maximum atomic E-state index is 11.2. The SMILES string of the molecule is C.CC(=N)N.CCOC(=O)C1CCCC1=O.Cc1nc2c(c(=O)[nH]1)CCC2.Cc1nc2c(c(=O)[nH]1)CCC2.Cc1ncc2c(n1)CCC2.O=P(Cl)(Cl)Cl. The summed E-state index contributed by atoms with van der Waals surface area (Å²) < 4.78 is 14.2. The molecule has 0 radical (unpaired) electrons. The van der Waals surface area contributed by atoms with E-state index in [2.05, 4.69) is 63.6 Å². The maximum Gasteiger partial charge on any atom is 0.339 e. The number of nitrogens with one attached hydrogen (secondary N) is 3. The van der Waals surface area contributed by atoms with Crippen LogP contribution in [0.5, 0.6) is 0 Å². The minimum atomic E-state index is -3.22. The number of rotatable bonds is 2. The van der Waals surface area contributed by atoms with E-state index in [1.165, 1.54) is 31.0 Å². The first-order valence-corrected chi connectivity index (χ1v) is 21.5. The molecule has 0 aliphatic heterocycles. The quantitative estimate of drug-likeness (QED) is 0.0698. The molecule has 0 spiro atoms. The number of Topliss-reactive ketones (excluding diaryl/α,β-unsaturated/α-hetero) is 1. The lowest BCUT2D eigenvalue weighted by Gasteiger charge is -2.05. The number of nitrogens with zero attached hydrogens (tertiary/aromatic N) is 4. The van der Waals surface area contributed by atoms with Crippen molar-refractivity contribution in [2.24, 2.45) is 11.7 Å². The summed E-state index contributed by atoms with van der Waals surface area (Å²) in [5.41, 5.74) is 11.2. The third-order valence-corrected chi connectivity index (χ3v) is 7.93. The van der Waals surface area contributed by atoms with Crippen LogP contribution >= 0.6 is 38.9 Å². The second kappa shape index (κ2) is 23.4. The number of amidine groups is 1. The van der Waals surface area contributed by atoms with Gasteiger partial charge in [0.25, 0.3) is 11.1 Å². The standard InChI is InChI=1S/2C8H10N2O.C8H10N2.C8H12O3.C2H6N2.CH4.Cl3OP/c2*1-5-9-7-4-2-3-6(7)8(11)10-5;1-6-9-5-7-3-2-4-8(7)10-6;1-2-11-8(10)6-4-3-5-7(6)9;1-2(3)4;;1-5(2,3)4/h2*2-4H2,1H3,(H,9,10,11);5H,2-4H2,1H3;6H,2-5H2,1H3;1H3,(H3,3,4);1H4;. The average Bonchev–Trinajstić information content (AvgIpc) is 3.84. The fourth-order valence-corrected chi connectivity index (χ4v) is 5.85. The molecule has 0 bridgehead atoms. The molecule has 0 aromatic carbocycles. The molecule has 4 aliphatic carbocycles. The van der Waals surface area contributed by atoms with Crippen molar-refractivity contribution in [3.63, 3.8) is 0 Å². The van der Waals surface area contributed by atoms with Crippen LogP contribution in [-0.4, -0.2) is 54.1 Å². The van der Waals surface area contributed by atoms with Crippen LogP contribution in [0.2, 0.25) is 0 Å². The normalized spacial score (nSPS) is 15.6. The minimum Gasteiger partial charge on any atom is -0.465 e. The molecule has 1 unspecified atom stereocenters. The predicted molar refractivity (Wildman–Crippen MR) is 210 cm³/mol. The summed E-state index contributed by atoms with van der Waals surface area (Å²) >= 11 is 13.8. The van der Waals surface area contributed by atoms with E-state index in [1.54, 1.807) is 6.92 Å². The lowest BCUT2D eigenvalue weighted by molar-refractivity contribution is -0.150. The molecule has 7 rings (SSSR count). The van der Waals surface area contributed by atoms with Crippen molar-refractivity contribution in [2.75, 3.05) is 6.61 Å². The first-order valence-electron chi connectivity index (χ1n) is 17.1. The van der Waals surface area contributed by atoms with Gasteiger partial charge in [0.05, 0.1) is 23.8 Å². The Labute approximate surface area is 325 Å². The van der Waals surface area contributed by atoms with Crippen molar-refractivity contribution >= 4 is 56.5 Å². The number of fused-ring (bicyclic) bond motifs is 3. The van der Waals surface area contributed by atoms with E-state index in [0.29, 0.717) is 19.4 Å². The van der Waals surface area contributed by atoms with Crippen LogP contribution in [0.15, 0.2) is 15.8 Å². The summed E-state index contributed by atoms with van der Waals surface area (Å²) in [7, 11) is 0. The fraction of sp³-hybridized carbons (Fsp3) is 0.571. The molecule has 5 N–H and O–H groups in total. The summed E-state index contributed by atoms with van der Waals surface area (Å²) in [6, 6.07) is 0. The van der Waals surface area contributed by atoms with Gasteiger partial charge in [0.15, 0.2) is 0 Å². The molecule has 0 amide bonds. The first-order chi connectivity index (χ1) is 24.4. The van der Waals surface area contributed by atoms with Gasteiger partial charge in [-0.05, 0) is 145 Å². The molecule has 3 aromatic heterocycles. The molecule has 1 atom stereocenters. The Morgan fingerprint density at radius 2 is 1.30 bits per heavy atom. The van der Waals surface area contributed by atoms with Crippen LogP contribution in [0.1, 0.15) is 111 Å². The van der Waals surface area contributed by atoms with Gasteiger partial charge in [-0.3, -0.25) is 29.2 Å². The molecule has 294 valence electrons. The van der Waals surface area contributed by atoms with E-state index < -0.39 is 11.1 Å². The number of halogens is 3. The second-order valence-corrected chi connectivity index (χ2v) is 19.0. The van der Waals surface area contributed by atoms with Crippen molar-refractivity contribution in [2.45, 2.75) is 119 Å². The second-order valence-electron chi connectivity index (χ2n) is 12.3. The third kappa shape index (κ3) is 18.0. The number of H-pyrrole nitrogens is 2. The van der Waals surface area contributed by atoms with Crippen molar-refractivity contribution in [3.8, 4) is 0 Å². The number of hydrogen-bond donors (Lipinski definition) is 4. The Balaban J connectivity index is 0.000000327. The van der Waals surface area contributed by atoms with Crippen LogP contribution in [0.4, 0.5) is 0 Å². The molecule has 18 heteroatoms. The topological polar surface area (TPSA) is 228 Å². The van der Waals surface area contributed by atoms with E-state index in [1.807, 2.05) is 27.0 Å². The van der Waals surface area contributed by atoms with Crippen molar-refractivity contribution in [3.05, 3.63) is 78.1 Å². The third-order valence-electron chi connectivity index (χ3n) is 7.93. The molecule has 4 aliphatic rings. The maximum absolute atomic E-state index is 11.2. The number of hydrogen-bond acceptors (Lipinski definition) is 11. The minimum absolute atomic E-state index is 0. The molecule has 3 aromatic rings. The van der Waals surface area contributed by atoms with Gasteiger partial charge in [-0.15, -0.1) is 0 Å². The molecule has 3 heterocycles. The number of aryl methyl sites for hydroxylation is 7. The lowest BCUT2D eigenvalue weighted by Crippen LogP contribution is -2.21. The molecular formula is C35H52Cl3N8O6P. The number of aromatic nitrogens is 6. The highest BCUT2D eigenvalue weighted by atomic mass is 36.0. The summed E-state index contributed by atoms with van der Waals surface area (Å²) in [6.07, 6.45) is 13.5. The highest BCUT2D eigenvalue weighted by Gasteiger charge is 2.31. The van der Waals surface area contributed by atoms with Gasteiger partial charge >= 0.3 is 11.2 Å². The van der Waals surface area contributed by atoms with Gasteiger partial charge in [-0.25, -0.2) is 19.9 Å². The van der Waals surface area contributed by atoms with E-state index in [-0.39, 0.29) is 36.1 Å². The molecule has 14 nitrogen and oxygen atoms in total. The number of esters is 1. The van der Waals surface area contributed by atoms with Gasteiger partial charge in [-0.2, -0.15) is 0 Å². The summed E-state index contributed by atoms with van der Waals surface area (Å²) in [5, 5.41) is 3.06. The smallest absolute Gasteiger partial charge is 0.339 e. The first kappa shape index (κ1) is 47.6. The highest BCUT2D eigenvalue weighted by molar-refractivity contribution is 8.24. The van der Waals surface area contributed by atoms with Gasteiger partial charge < -0.3 is 20.4 Å². The monoisotopic (exact) mass is 816 g/mol. The van der Waals surface area contributed by atoms with Crippen LogP contribution in [0.25, 0.3) is 0 Å². The van der Waals surface area contributed by atoms with E-state index in [9.17, 15) is 23.7 Å². The lowest BCUT2D eigenvalue weighted by atomic mass is 10.1. The number of ketones is 1. The van der Waals surface area contributed by atoms with Gasteiger partial charge in [0.1, 0.15) is 29.2 Å². The number of aromatic amines is 2. The average molecular weight is 818 g/mol. The van der Waals surface area contributed by atoms with Crippen LogP contribution in [0.3, 0.4) is 0 Å². The zero-order valence-corrected chi connectivity index (χ0v) is 33.4. The molecule has 1 fully saturated rings. The summed E-state index contributed by atoms with van der Waals surface area (Å²) in [5.74, 6) is 1.79. The van der Waals surface area contributed by atoms with Crippen LogP contribution < -0.4 is 16.9 Å². The van der Waals surface area contributed by atoms with Gasteiger partial charge in [-0.1, -0.05) is 7.43 Å². The van der Waals surface area contributed by atoms with Crippen molar-refractivity contribution in [1.82, 2.24) is 29.9 Å². The Morgan fingerprint density at radius 3 is 1.74 bits per heavy atom. The molecule has 0 saturated heterocycles. The molecular weight excluding hydrogens is 766 g/mol. The Hall–Kier alpha value is -3.45. The largest absolute Gasteiger partial charge is 0.465 e. The van der Waals surface area contributed by atoms with E-state index >= 15 is 0 Å². The predicted octanol–water partition coefficient (Wildman–Crippen LogP) is 6.72. The van der Waals surface area contributed by atoms with E-state index in [0.717, 1.165) is 91.4 Å². The fourth-order valence-electron chi connectivity index (χ4n) is 5.85. The molecule has 53 heavy (non-hydrogen) atoms. The van der Waals surface area contributed by atoms with Crippen LogP contribution in [-0.2, 0) is 57.4 Å². The Morgan fingerprint density at radius 1 is 0.849 bits per heavy atom. The Kier molecular flexibility index (Phi) is 21.0. The number of ether oxygens (including phenoxy) is 1. The van der Waals surface area contributed by atoms with Crippen molar-refractivity contribution in [1.29, 1.82) is 5.41 Å².